The van der Waals surface area contributed by atoms with Gasteiger partial charge in [-0.3, -0.25) is 0 Å². The highest BCUT2D eigenvalue weighted by molar-refractivity contribution is 4.83. The average molecular weight is 191 g/mol. The van der Waals surface area contributed by atoms with E-state index in [2.05, 4.69) is 18.7 Å². The van der Waals surface area contributed by atoms with Gasteiger partial charge in [0.05, 0.1) is 0 Å². The fourth-order valence-corrected chi connectivity index (χ4v) is 1.85. The van der Waals surface area contributed by atoms with E-state index in [1.165, 1.54) is 0 Å². The normalized spacial score (nSPS) is 24.2. The third-order valence-corrected chi connectivity index (χ3v) is 3.08. The number of rotatable bonds is 2. The molecule has 0 spiro atoms. The van der Waals surface area contributed by atoms with Gasteiger partial charge in [0.2, 0.25) is 5.92 Å². The largest absolute Gasteiger partial charge is 0.301 e. The average Bonchev–Trinajstić information content (AvgIpc) is 2.03. The van der Waals surface area contributed by atoms with Crippen molar-refractivity contribution in [2.75, 3.05) is 7.05 Å². The first-order chi connectivity index (χ1) is 5.92. The lowest BCUT2D eigenvalue weighted by Gasteiger charge is -2.36. The van der Waals surface area contributed by atoms with E-state index in [1.807, 2.05) is 7.05 Å². The van der Waals surface area contributed by atoms with Crippen molar-refractivity contribution in [1.82, 2.24) is 4.90 Å². The molecule has 0 aromatic rings. The Bertz CT molecular complexity index is 158. The van der Waals surface area contributed by atoms with Gasteiger partial charge in [-0.2, -0.15) is 0 Å². The van der Waals surface area contributed by atoms with E-state index in [0.29, 0.717) is 24.9 Å². The van der Waals surface area contributed by atoms with Crippen LogP contribution in [0.1, 0.15) is 39.5 Å². The lowest BCUT2D eigenvalue weighted by molar-refractivity contribution is -0.0538. The molecule has 0 aromatic heterocycles. The number of hydrogen-bond donors (Lipinski definition) is 0. The fraction of sp³-hybridized carbons (Fsp3) is 1.00. The summed E-state index contributed by atoms with van der Waals surface area (Å²) in [6.45, 7) is 4.21. The van der Waals surface area contributed by atoms with Gasteiger partial charge < -0.3 is 4.90 Å². The van der Waals surface area contributed by atoms with E-state index in [1.54, 1.807) is 0 Å². The summed E-state index contributed by atoms with van der Waals surface area (Å²) in [5.74, 6) is -2.39. The quantitative estimate of drug-likeness (QED) is 0.648. The predicted octanol–water partition coefficient (Wildman–Crippen LogP) is 2.90. The van der Waals surface area contributed by atoms with Crippen LogP contribution in [0.2, 0.25) is 0 Å². The summed E-state index contributed by atoms with van der Waals surface area (Å²) in [5, 5.41) is 0. The highest BCUT2D eigenvalue weighted by Crippen LogP contribution is 2.34. The smallest absolute Gasteiger partial charge is 0.248 e. The summed E-state index contributed by atoms with van der Waals surface area (Å²) in [4.78, 5) is 2.20. The number of nitrogens with zero attached hydrogens (tertiary/aromatic N) is 1. The van der Waals surface area contributed by atoms with E-state index >= 15 is 0 Å². The van der Waals surface area contributed by atoms with Crippen LogP contribution in [0.15, 0.2) is 0 Å². The van der Waals surface area contributed by atoms with E-state index in [9.17, 15) is 8.78 Å². The van der Waals surface area contributed by atoms with E-state index in [-0.39, 0.29) is 12.8 Å². The van der Waals surface area contributed by atoms with E-state index < -0.39 is 5.92 Å². The number of halogens is 2. The maximum Gasteiger partial charge on any atom is 0.248 e. The fourth-order valence-electron chi connectivity index (χ4n) is 1.85. The van der Waals surface area contributed by atoms with E-state index in [0.717, 1.165) is 0 Å². The first-order valence-corrected chi connectivity index (χ1v) is 5.02. The Morgan fingerprint density at radius 2 is 1.69 bits per heavy atom. The van der Waals surface area contributed by atoms with Gasteiger partial charge in [0.1, 0.15) is 0 Å². The maximum atomic E-state index is 12.8. The Kier molecular flexibility index (Phi) is 3.28. The second kappa shape index (κ2) is 3.91. The van der Waals surface area contributed by atoms with Crippen LogP contribution >= 0.6 is 0 Å². The molecule has 0 amide bonds. The standard InChI is InChI=1S/C10H19F2N/c1-8(2)13(3)9-4-6-10(11,12)7-5-9/h8-9H,4-7H2,1-3H3. The lowest BCUT2D eigenvalue weighted by Crippen LogP contribution is -2.41. The predicted molar refractivity (Wildman–Crippen MR) is 50.1 cm³/mol. The van der Waals surface area contributed by atoms with Crippen molar-refractivity contribution in [1.29, 1.82) is 0 Å². The SMILES string of the molecule is CC(C)N(C)C1CCC(F)(F)CC1. The molecule has 1 aliphatic rings. The van der Waals surface area contributed by atoms with Crippen LogP contribution in [-0.2, 0) is 0 Å². The van der Waals surface area contributed by atoms with Crippen molar-refractivity contribution in [3.63, 3.8) is 0 Å². The van der Waals surface area contributed by atoms with Gasteiger partial charge in [0, 0.05) is 24.9 Å². The molecule has 0 heterocycles. The number of alkyl halides is 2. The summed E-state index contributed by atoms with van der Waals surface area (Å²) in [7, 11) is 2.03. The summed E-state index contributed by atoms with van der Waals surface area (Å²) >= 11 is 0. The first-order valence-electron chi connectivity index (χ1n) is 5.02. The summed E-state index contributed by atoms with van der Waals surface area (Å²) in [6.07, 6.45) is 1.41. The molecule has 78 valence electrons. The van der Waals surface area contributed by atoms with Crippen molar-refractivity contribution in [3.05, 3.63) is 0 Å². The molecular weight excluding hydrogens is 172 g/mol. The summed E-state index contributed by atoms with van der Waals surface area (Å²) in [5.41, 5.74) is 0. The van der Waals surface area contributed by atoms with Crippen LogP contribution in [0.5, 0.6) is 0 Å². The molecule has 0 atom stereocenters. The molecule has 0 unspecified atom stereocenters. The van der Waals surface area contributed by atoms with Gasteiger partial charge in [-0.25, -0.2) is 8.78 Å². The molecule has 0 bridgehead atoms. The molecule has 1 nitrogen and oxygen atoms in total. The minimum absolute atomic E-state index is 0.0642. The van der Waals surface area contributed by atoms with Gasteiger partial charge in [-0.1, -0.05) is 0 Å². The Morgan fingerprint density at radius 1 is 1.23 bits per heavy atom. The monoisotopic (exact) mass is 191 g/mol. The summed E-state index contributed by atoms with van der Waals surface area (Å²) in [6, 6.07) is 0.816. The van der Waals surface area contributed by atoms with E-state index in [4.69, 9.17) is 0 Å². The van der Waals surface area contributed by atoms with Gasteiger partial charge in [0.25, 0.3) is 0 Å². The molecule has 0 saturated heterocycles. The molecule has 0 aliphatic heterocycles. The zero-order valence-electron chi connectivity index (χ0n) is 8.69. The molecular formula is C10H19F2N. The molecule has 0 aromatic carbocycles. The van der Waals surface area contributed by atoms with Gasteiger partial charge in [-0.05, 0) is 33.7 Å². The molecule has 0 N–H and O–H groups in total. The molecule has 1 saturated carbocycles. The van der Waals surface area contributed by atoms with Crippen molar-refractivity contribution >= 4 is 0 Å². The van der Waals surface area contributed by atoms with Crippen LogP contribution in [0.3, 0.4) is 0 Å². The van der Waals surface area contributed by atoms with Crippen LogP contribution in [0.25, 0.3) is 0 Å². The maximum absolute atomic E-state index is 12.8. The highest BCUT2D eigenvalue weighted by Gasteiger charge is 2.36. The molecule has 1 aliphatic carbocycles. The van der Waals surface area contributed by atoms with Gasteiger partial charge >= 0.3 is 0 Å². The minimum atomic E-state index is -2.39. The zero-order chi connectivity index (χ0) is 10.1. The van der Waals surface area contributed by atoms with Crippen molar-refractivity contribution < 1.29 is 8.78 Å². The highest BCUT2D eigenvalue weighted by atomic mass is 19.3. The van der Waals surface area contributed by atoms with Crippen molar-refractivity contribution in [2.45, 2.75) is 57.5 Å². The molecule has 13 heavy (non-hydrogen) atoms. The van der Waals surface area contributed by atoms with Crippen LogP contribution in [-0.4, -0.2) is 30.0 Å². The molecule has 3 heteroatoms. The molecule has 1 rings (SSSR count). The Hall–Kier alpha value is -0.180. The summed E-state index contributed by atoms with van der Waals surface area (Å²) < 4.78 is 25.6. The topological polar surface area (TPSA) is 3.24 Å². The number of hydrogen-bond acceptors (Lipinski definition) is 1. The second-order valence-corrected chi connectivity index (χ2v) is 4.35. The second-order valence-electron chi connectivity index (χ2n) is 4.35. The van der Waals surface area contributed by atoms with Crippen LogP contribution < -0.4 is 0 Å². The third kappa shape index (κ3) is 2.90. The molecule has 1 fully saturated rings. The van der Waals surface area contributed by atoms with Crippen LogP contribution in [0, 0.1) is 0 Å². The zero-order valence-corrected chi connectivity index (χ0v) is 8.69. The third-order valence-electron chi connectivity index (χ3n) is 3.08. The first kappa shape index (κ1) is 10.9. The van der Waals surface area contributed by atoms with Gasteiger partial charge in [-0.15, -0.1) is 0 Å². The molecule has 0 radical (unpaired) electrons. The van der Waals surface area contributed by atoms with Crippen LogP contribution in [0.4, 0.5) is 8.78 Å². The Morgan fingerprint density at radius 3 is 2.08 bits per heavy atom. The van der Waals surface area contributed by atoms with Crippen molar-refractivity contribution in [2.24, 2.45) is 0 Å². The minimum Gasteiger partial charge on any atom is -0.301 e. The Balaban J connectivity index is 2.41. The lowest BCUT2D eigenvalue weighted by atomic mass is 9.91. The Labute approximate surface area is 79.1 Å². The van der Waals surface area contributed by atoms with Gasteiger partial charge in [0.15, 0.2) is 0 Å². The van der Waals surface area contributed by atoms with Crippen molar-refractivity contribution in [3.8, 4) is 0 Å².